The van der Waals surface area contributed by atoms with Crippen molar-refractivity contribution in [3.8, 4) is 0 Å². The van der Waals surface area contributed by atoms with Crippen molar-refractivity contribution in [2.45, 2.75) is 70.4 Å². The maximum absolute atomic E-state index is 6.39. The van der Waals surface area contributed by atoms with Crippen LogP contribution in [0.5, 0.6) is 0 Å². The lowest BCUT2D eigenvalue weighted by molar-refractivity contribution is 0.0738. The fourth-order valence-electron chi connectivity index (χ4n) is 4.12. The Morgan fingerprint density at radius 1 is 1.05 bits per heavy atom. The molecule has 1 saturated heterocycles. The predicted molar refractivity (Wildman–Crippen MR) is 94.2 cm³/mol. The van der Waals surface area contributed by atoms with Gasteiger partial charge in [-0.3, -0.25) is 4.90 Å². The number of hydrogen-bond acceptors (Lipinski definition) is 2. The highest BCUT2D eigenvalue weighted by Gasteiger charge is 2.34. The second-order valence-corrected chi connectivity index (χ2v) is 7.90. The zero-order valence-electron chi connectivity index (χ0n) is 14.5. The first-order chi connectivity index (χ1) is 10.5. The van der Waals surface area contributed by atoms with E-state index in [4.69, 9.17) is 5.73 Å². The molecule has 1 aromatic rings. The molecular weight excluding hydrogens is 268 g/mol. The molecule has 0 spiro atoms. The molecule has 3 atom stereocenters. The molecule has 2 N–H and O–H groups in total. The summed E-state index contributed by atoms with van der Waals surface area (Å²) in [6, 6.07) is 10.3. The van der Waals surface area contributed by atoms with Crippen LogP contribution in [0.1, 0.15) is 69.4 Å². The van der Waals surface area contributed by atoms with Crippen LogP contribution in [0.3, 0.4) is 0 Å². The van der Waals surface area contributed by atoms with Gasteiger partial charge in [0.05, 0.1) is 0 Å². The van der Waals surface area contributed by atoms with Crippen molar-refractivity contribution >= 4 is 0 Å². The standard InChI is InChI=1S/C20H32N2/c1-14(2)16-7-9-18(10-8-16)19-11-20(21)13-22(12-19)15(3)17-5-4-6-17/h7-10,14-15,17,19-20H,4-6,11-13,21H2,1-3H3. The largest absolute Gasteiger partial charge is 0.327 e. The van der Waals surface area contributed by atoms with Crippen LogP contribution >= 0.6 is 0 Å². The van der Waals surface area contributed by atoms with E-state index in [0.717, 1.165) is 18.9 Å². The average Bonchev–Trinajstić information content (AvgIpc) is 2.45. The van der Waals surface area contributed by atoms with E-state index >= 15 is 0 Å². The number of hydrogen-bond donors (Lipinski definition) is 1. The molecule has 0 aromatic heterocycles. The molecule has 1 heterocycles. The van der Waals surface area contributed by atoms with Crippen LogP contribution in [0.15, 0.2) is 24.3 Å². The van der Waals surface area contributed by atoms with Crippen LogP contribution in [-0.2, 0) is 0 Å². The van der Waals surface area contributed by atoms with Crippen molar-refractivity contribution in [3.05, 3.63) is 35.4 Å². The number of nitrogens with zero attached hydrogens (tertiary/aromatic N) is 1. The minimum atomic E-state index is 0.325. The fraction of sp³-hybridized carbons (Fsp3) is 0.700. The van der Waals surface area contributed by atoms with E-state index in [-0.39, 0.29) is 0 Å². The normalized spacial score (nSPS) is 28.6. The Morgan fingerprint density at radius 2 is 1.73 bits per heavy atom. The van der Waals surface area contributed by atoms with Gasteiger partial charge in [-0.1, -0.05) is 44.5 Å². The Kier molecular flexibility index (Phi) is 4.89. The zero-order chi connectivity index (χ0) is 15.7. The Morgan fingerprint density at radius 3 is 2.27 bits per heavy atom. The van der Waals surface area contributed by atoms with Crippen LogP contribution < -0.4 is 5.73 Å². The highest BCUT2D eigenvalue weighted by Crippen LogP contribution is 2.35. The Bertz CT molecular complexity index is 475. The van der Waals surface area contributed by atoms with Crippen LogP contribution in [0.25, 0.3) is 0 Å². The highest BCUT2D eigenvalue weighted by molar-refractivity contribution is 5.28. The summed E-state index contributed by atoms with van der Waals surface area (Å²) in [4.78, 5) is 2.67. The number of piperidine rings is 1. The highest BCUT2D eigenvalue weighted by atomic mass is 15.2. The van der Waals surface area contributed by atoms with Crippen molar-refractivity contribution < 1.29 is 0 Å². The first-order valence-electron chi connectivity index (χ1n) is 9.14. The Hall–Kier alpha value is -0.860. The molecule has 1 aliphatic heterocycles. The number of nitrogens with two attached hydrogens (primary N) is 1. The maximum Gasteiger partial charge on any atom is 0.0174 e. The monoisotopic (exact) mass is 300 g/mol. The van der Waals surface area contributed by atoms with E-state index in [9.17, 15) is 0 Å². The summed E-state index contributed by atoms with van der Waals surface area (Å²) in [7, 11) is 0. The first-order valence-corrected chi connectivity index (χ1v) is 9.14. The van der Waals surface area contributed by atoms with Crippen LogP contribution in [0, 0.1) is 5.92 Å². The van der Waals surface area contributed by atoms with E-state index in [0.29, 0.717) is 23.9 Å². The minimum Gasteiger partial charge on any atom is -0.327 e. The summed E-state index contributed by atoms with van der Waals surface area (Å²) in [6.07, 6.45) is 5.39. The van der Waals surface area contributed by atoms with Gasteiger partial charge in [-0.25, -0.2) is 0 Å². The van der Waals surface area contributed by atoms with Gasteiger partial charge in [0.1, 0.15) is 0 Å². The first kappa shape index (κ1) is 16.0. The molecule has 122 valence electrons. The summed E-state index contributed by atoms with van der Waals surface area (Å²) in [6.45, 7) is 9.20. The van der Waals surface area contributed by atoms with E-state index in [2.05, 4.69) is 49.9 Å². The van der Waals surface area contributed by atoms with Crippen molar-refractivity contribution in [3.63, 3.8) is 0 Å². The van der Waals surface area contributed by atoms with Gasteiger partial charge in [-0.15, -0.1) is 0 Å². The van der Waals surface area contributed by atoms with E-state index < -0.39 is 0 Å². The molecule has 0 amide bonds. The molecule has 1 aromatic carbocycles. The molecule has 2 nitrogen and oxygen atoms in total. The molecule has 1 aliphatic carbocycles. The molecule has 3 unspecified atom stereocenters. The van der Waals surface area contributed by atoms with Crippen molar-refractivity contribution in [1.82, 2.24) is 4.90 Å². The minimum absolute atomic E-state index is 0.325. The molecule has 2 heteroatoms. The third-order valence-corrected chi connectivity index (χ3v) is 5.99. The van der Waals surface area contributed by atoms with Gasteiger partial charge in [-0.2, -0.15) is 0 Å². The Balaban J connectivity index is 1.69. The van der Waals surface area contributed by atoms with Crippen molar-refractivity contribution in [2.24, 2.45) is 11.7 Å². The summed E-state index contributed by atoms with van der Waals surface area (Å²) >= 11 is 0. The quantitative estimate of drug-likeness (QED) is 0.906. The van der Waals surface area contributed by atoms with Gasteiger partial charge in [0.15, 0.2) is 0 Å². The Labute approximate surface area is 136 Å². The predicted octanol–water partition coefficient (Wildman–Crippen LogP) is 4.12. The fourth-order valence-corrected chi connectivity index (χ4v) is 4.12. The molecule has 2 fully saturated rings. The lowest BCUT2D eigenvalue weighted by Crippen LogP contribution is -2.52. The van der Waals surface area contributed by atoms with Crippen LogP contribution in [0.4, 0.5) is 0 Å². The third kappa shape index (κ3) is 3.38. The number of rotatable bonds is 4. The number of benzene rings is 1. The van der Waals surface area contributed by atoms with Crippen LogP contribution in [-0.4, -0.2) is 30.1 Å². The molecule has 2 aliphatic rings. The zero-order valence-corrected chi connectivity index (χ0v) is 14.5. The summed E-state index contributed by atoms with van der Waals surface area (Å²) in [5.41, 5.74) is 9.30. The maximum atomic E-state index is 6.39. The molecular formula is C20H32N2. The second kappa shape index (κ2) is 6.72. The van der Waals surface area contributed by atoms with Crippen molar-refractivity contribution in [1.29, 1.82) is 0 Å². The van der Waals surface area contributed by atoms with E-state index in [1.165, 1.54) is 36.9 Å². The van der Waals surface area contributed by atoms with Crippen molar-refractivity contribution in [2.75, 3.05) is 13.1 Å². The van der Waals surface area contributed by atoms with E-state index in [1.807, 2.05) is 0 Å². The number of likely N-dealkylation sites (tertiary alicyclic amines) is 1. The molecule has 0 bridgehead atoms. The second-order valence-electron chi connectivity index (χ2n) is 7.90. The van der Waals surface area contributed by atoms with Gasteiger partial charge in [0, 0.05) is 25.2 Å². The van der Waals surface area contributed by atoms with Gasteiger partial charge < -0.3 is 5.73 Å². The third-order valence-electron chi connectivity index (χ3n) is 5.99. The van der Waals surface area contributed by atoms with Gasteiger partial charge in [0.25, 0.3) is 0 Å². The molecule has 1 saturated carbocycles. The van der Waals surface area contributed by atoms with Crippen LogP contribution in [0.2, 0.25) is 0 Å². The molecule has 22 heavy (non-hydrogen) atoms. The summed E-state index contributed by atoms with van der Waals surface area (Å²) in [5, 5.41) is 0. The topological polar surface area (TPSA) is 29.3 Å². The van der Waals surface area contributed by atoms with Gasteiger partial charge in [0.2, 0.25) is 0 Å². The lowest BCUT2D eigenvalue weighted by atomic mass is 9.78. The summed E-state index contributed by atoms with van der Waals surface area (Å²) < 4.78 is 0. The molecule has 3 rings (SSSR count). The average molecular weight is 300 g/mol. The van der Waals surface area contributed by atoms with Gasteiger partial charge in [-0.05, 0) is 55.1 Å². The smallest absolute Gasteiger partial charge is 0.0174 e. The van der Waals surface area contributed by atoms with E-state index in [1.54, 1.807) is 0 Å². The lowest BCUT2D eigenvalue weighted by Gasteiger charge is -2.45. The SMILES string of the molecule is CC(C)c1ccc(C2CC(N)CN(C(C)C3CCC3)C2)cc1. The summed E-state index contributed by atoms with van der Waals surface area (Å²) in [5.74, 6) is 2.12. The van der Waals surface area contributed by atoms with Gasteiger partial charge >= 0.3 is 0 Å². The molecule has 0 radical (unpaired) electrons.